The van der Waals surface area contributed by atoms with Crippen molar-refractivity contribution < 1.29 is 18.0 Å². The topological polar surface area (TPSA) is 83.6 Å². The van der Waals surface area contributed by atoms with E-state index in [9.17, 15) is 18.0 Å². The van der Waals surface area contributed by atoms with Crippen molar-refractivity contribution in [2.24, 2.45) is 0 Å². The first-order chi connectivity index (χ1) is 13.1. The summed E-state index contributed by atoms with van der Waals surface area (Å²) in [5.74, 6) is -0.884. The van der Waals surface area contributed by atoms with Gasteiger partial charge in [-0.05, 0) is 62.1 Å². The fourth-order valence-electron chi connectivity index (χ4n) is 3.50. The molecule has 1 atom stereocenters. The van der Waals surface area contributed by atoms with Gasteiger partial charge in [-0.15, -0.1) is 0 Å². The number of nitrogens with one attached hydrogen (secondary N) is 1. The Labute approximate surface area is 165 Å². The summed E-state index contributed by atoms with van der Waals surface area (Å²) in [5.41, 5.74) is 4.60. The number of benzene rings is 2. The predicted octanol–water partition coefficient (Wildman–Crippen LogP) is 3.02. The molecule has 0 spiro atoms. The molecule has 148 valence electrons. The Morgan fingerprint density at radius 1 is 1.07 bits per heavy atom. The molecular formula is C21H24N2O4S. The van der Waals surface area contributed by atoms with Crippen LogP contribution in [0.25, 0.3) is 0 Å². The fraction of sp³-hybridized carbons (Fsp3) is 0.333. The minimum absolute atomic E-state index is 0.000434. The highest BCUT2D eigenvalue weighted by Gasteiger charge is 2.40. The first kappa shape index (κ1) is 20.1. The number of hydrogen-bond donors (Lipinski definition) is 1. The van der Waals surface area contributed by atoms with Crippen LogP contribution in [0.2, 0.25) is 0 Å². The molecule has 0 aliphatic carbocycles. The molecule has 7 heteroatoms. The normalized spacial score (nSPS) is 16.0. The van der Waals surface area contributed by atoms with E-state index < -0.39 is 15.9 Å². The zero-order valence-electron chi connectivity index (χ0n) is 16.4. The zero-order chi connectivity index (χ0) is 20.6. The van der Waals surface area contributed by atoms with Crippen molar-refractivity contribution in [1.82, 2.24) is 9.62 Å². The van der Waals surface area contributed by atoms with Crippen LogP contribution in [0.1, 0.15) is 52.0 Å². The van der Waals surface area contributed by atoms with Crippen LogP contribution in [-0.4, -0.2) is 31.1 Å². The van der Waals surface area contributed by atoms with Crippen molar-refractivity contribution in [2.75, 3.05) is 6.54 Å². The van der Waals surface area contributed by atoms with Gasteiger partial charge in [-0.1, -0.05) is 24.3 Å². The highest BCUT2D eigenvalue weighted by Crippen LogP contribution is 2.30. The molecule has 1 N–H and O–H groups in total. The molecule has 3 rings (SSSR count). The van der Waals surface area contributed by atoms with Gasteiger partial charge in [0.1, 0.15) is 4.90 Å². The molecule has 1 heterocycles. The van der Waals surface area contributed by atoms with Crippen LogP contribution in [-0.2, 0) is 14.8 Å². The predicted molar refractivity (Wildman–Crippen MR) is 106 cm³/mol. The van der Waals surface area contributed by atoms with E-state index in [1.807, 2.05) is 27.7 Å². The molecule has 2 aromatic rings. The number of nitrogens with zero attached hydrogens (tertiary/aromatic N) is 1. The highest BCUT2D eigenvalue weighted by molar-refractivity contribution is 7.90. The molecule has 2 amide bonds. The van der Waals surface area contributed by atoms with Crippen LogP contribution in [0.5, 0.6) is 0 Å². The molecule has 0 radical (unpaired) electrons. The van der Waals surface area contributed by atoms with Crippen molar-refractivity contribution >= 4 is 21.8 Å². The molecule has 1 aliphatic heterocycles. The standard InChI is InChI=1S/C21H24N2O4S/c1-13-11-15(3)18(12-14(13)2)16(4)22-20(24)9-10-23-21(25)17-7-5-6-8-19(17)28(23,26)27/h5-8,11-12,16H,9-10H2,1-4H3,(H,22,24). The van der Waals surface area contributed by atoms with E-state index >= 15 is 0 Å². The van der Waals surface area contributed by atoms with Crippen molar-refractivity contribution in [3.05, 3.63) is 64.2 Å². The molecule has 0 aromatic heterocycles. The first-order valence-electron chi connectivity index (χ1n) is 9.16. The van der Waals surface area contributed by atoms with E-state index in [2.05, 4.69) is 17.4 Å². The third-order valence-electron chi connectivity index (χ3n) is 5.18. The summed E-state index contributed by atoms with van der Waals surface area (Å²) in [6, 6.07) is 10.0. The molecule has 1 unspecified atom stereocenters. The van der Waals surface area contributed by atoms with Crippen molar-refractivity contribution in [2.45, 2.75) is 45.1 Å². The minimum Gasteiger partial charge on any atom is -0.350 e. The summed E-state index contributed by atoms with van der Waals surface area (Å²) >= 11 is 0. The summed E-state index contributed by atoms with van der Waals surface area (Å²) in [4.78, 5) is 24.8. The summed E-state index contributed by atoms with van der Waals surface area (Å²) in [7, 11) is -3.89. The number of carbonyl (C=O) groups excluding carboxylic acids is 2. The Balaban J connectivity index is 1.67. The van der Waals surface area contributed by atoms with E-state index in [-0.39, 0.29) is 35.4 Å². The minimum atomic E-state index is -3.89. The Kier molecular flexibility index (Phi) is 5.30. The average molecular weight is 401 g/mol. The van der Waals surface area contributed by atoms with Crippen molar-refractivity contribution in [3.63, 3.8) is 0 Å². The Bertz CT molecular complexity index is 1060. The second-order valence-corrected chi connectivity index (χ2v) is 9.04. The monoisotopic (exact) mass is 400 g/mol. The smallest absolute Gasteiger partial charge is 0.269 e. The van der Waals surface area contributed by atoms with Crippen LogP contribution in [0.15, 0.2) is 41.3 Å². The molecule has 1 aliphatic rings. The molecule has 0 saturated carbocycles. The zero-order valence-corrected chi connectivity index (χ0v) is 17.3. The van der Waals surface area contributed by atoms with Gasteiger partial charge in [0.2, 0.25) is 5.91 Å². The number of carbonyl (C=O) groups is 2. The van der Waals surface area contributed by atoms with Crippen LogP contribution >= 0.6 is 0 Å². The highest BCUT2D eigenvalue weighted by atomic mass is 32.2. The SMILES string of the molecule is Cc1cc(C)c(C(C)NC(=O)CCN2C(=O)c3ccccc3S2(=O)=O)cc1C. The lowest BCUT2D eigenvalue weighted by Gasteiger charge is -2.20. The van der Waals surface area contributed by atoms with Crippen LogP contribution in [0.4, 0.5) is 0 Å². The molecule has 6 nitrogen and oxygen atoms in total. The van der Waals surface area contributed by atoms with Gasteiger partial charge >= 0.3 is 0 Å². The number of amides is 2. The lowest BCUT2D eigenvalue weighted by molar-refractivity contribution is -0.121. The van der Waals surface area contributed by atoms with Crippen LogP contribution in [0, 0.1) is 20.8 Å². The summed E-state index contributed by atoms with van der Waals surface area (Å²) < 4.78 is 25.9. The maximum atomic E-state index is 12.5. The first-order valence-corrected chi connectivity index (χ1v) is 10.6. The van der Waals surface area contributed by atoms with Gasteiger partial charge in [0.05, 0.1) is 11.6 Å². The van der Waals surface area contributed by atoms with Gasteiger partial charge in [0.25, 0.3) is 15.9 Å². The van der Waals surface area contributed by atoms with Crippen molar-refractivity contribution in [1.29, 1.82) is 0 Å². The van der Waals surface area contributed by atoms with E-state index in [4.69, 9.17) is 0 Å². The average Bonchev–Trinajstić information content (AvgIpc) is 2.83. The Morgan fingerprint density at radius 3 is 2.39 bits per heavy atom. The molecule has 2 aromatic carbocycles. The van der Waals surface area contributed by atoms with Crippen molar-refractivity contribution in [3.8, 4) is 0 Å². The second kappa shape index (κ2) is 7.39. The van der Waals surface area contributed by atoms with Crippen LogP contribution in [0.3, 0.4) is 0 Å². The lowest BCUT2D eigenvalue weighted by Crippen LogP contribution is -2.35. The van der Waals surface area contributed by atoms with Gasteiger partial charge in [-0.2, -0.15) is 0 Å². The molecule has 28 heavy (non-hydrogen) atoms. The number of rotatable bonds is 5. The van der Waals surface area contributed by atoms with E-state index in [0.29, 0.717) is 0 Å². The molecular weight excluding hydrogens is 376 g/mol. The molecule has 0 saturated heterocycles. The van der Waals surface area contributed by atoms with Gasteiger partial charge in [-0.3, -0.25) is 9.59 Å². The lowest BCUT2D eigenvalue weighted by atomic mass is 9.96. The summed E-state index contributed by atoms with van der Waals surface area (Å²) in [6.45, 7) is 7.77. The third-order valence-corrected chi connectivity index (χ3v) is 7.02. The van der Waals surface area contributed by atoms with E-state index in [1.54, 1.807) is 12.1 Å². The second-order valence-electron chi connectivity index (χ2n) is 7.21. The summed E-state index contributed by atoms with van der Waals surface area (Å²) in [5, 5.41) is 2.90. The maximum absolute atomic E-state index is 12.5. The largest absolute Gasteiger partial charge is 0.350 e. The quantitative estimate of drug-likeness (QED) is 0.836. The number of hydrogen-bond acceptors (Lipinski definition) is 4. The Hall–Kier alpha value is -2.67. The van der Waals surface area contributed by atoms with Gasteiger partial charge in [0, 0.05) is 13.0 Å². The third kappa shape index (κ3) is 3.54. The number of sulfonamides is 1. The maximum Gasteiger partial charge on any atom is 0.269 e. The van der Waals surface area contributed by atoms with E-state index in [1.165, 1.54) is 17.7 Å². The number of aryl methyl sites for hydroxylation is 3. The molecule has 0 fully saturated rings. The molecule has 0 bridgehead atoms. The number of fused-ring (bicyclic) bond motifs is 1. The summed E-state index contributed by atoms with van der Waals surface area (Å²) in [6.07, 6.45) is -0.0901. The van der Waals surface area contributed by atoms with Gasteiger partial charge in [-0.25, -0.2) is 12.7 Å². The van der Waals surface area contributed by atoms with Gasteiger partial charge in [0.15, 0.2) is 0 Å². The van der Waals surface area contributed by atoms with Crippen LogP contribution < -0.4 is 5.32 Å². The fourth-order valence-corrected chi connectivity index (χ4v) is 5.07. The Morgan fingerprint density at radius 2 is 1.71 bits per heavy atom. The van der Waals surface area contributed by atoms with E-state index in [0.717, 1.165) is 21.0 Å². The van der Waals surface area contributed by atoms with Gasteiger partial charge < -0.3 is 5.32 Å².